The van der Waals surface area contributed by atoms with Crippen molar-refractivity contribution in [3.8, 4) is 0 Å². The summed E-state index contributed by atoms with van der Waals surface area (Å²) in [7, 11) is 1.64. The minimum absolute atomic E-state index is 0.0219. The van der Waals surface area contributed by atoms with Crippen LogP contribution in [-0.4, -0.2) is 25.4 Å². The summed E-state index contributed by atoms with van der Waals surface area (Å²) in [5, 5.41) is 3.07. The molecule has 1 aromatic heterocycles. The van der Waals surface area contributed by atoms with E-state index in [4.69, 9.17) is 4.42 Å². The molecule has 0 bridgehead atoms. The van der Waals surface area contributed by atoms with Crippen molar-refractivity contribution < 1.29 is 14.0 Å². The fraction of sp³-hybridized carbons (Fsp3) is 0.217. The summed E-state index contributed by atoms with van der Waals surface area (Å²) in [4.78, 5) is 27.1. The molecule has 148 valence electrons. The zero-order valence-corrected chi connectivity index (χ0v) is 17.6. The van der Waals surface area contributed by atoms with Crippen LogP contribution in [0, 0.1) is 0 Å². The van der Waals surface area contributed by atoms with Gasteiger partial charge >= 0.3 is 0 Å². The van der Waals surface area contributed by atoms with Crippen LogP contribution in [0.4, 0.5) is 5.69 Å². The molecule has 0 radical (unpaired) electrons. The number of nitrogens with one attached hydrogen (secondary N) is 1. The number of para-hydroxylation sites is 1. The van der Waals surface area contributed by atoms with E-state index in [1.54, 1.807) is 43.4 Å². The molecule has 1 aliphatic rings. The average molecular weight is 453 g/mol. The van der Waals surface area contributed by atoms with Gasteiger partial charge in [-0.1, -0.05) is 42.5 Å². The van der Waals surface area contributed by atoms with Crippen LogP contribution in [0.3, 0.4) is 0 Å². The molecule has 6 heteroatoms. The standard InChI is InChI=1S/C23H21BrN2O3/c1-26(22(28)19-11-12-20(24)29-19)18-10-6-5-9-17(18)21(27)25-15-23(13-14-23)16-7-3-2-4-8-16/h2-12H,13-15H2,1H3,(H,25,27). The number of halogens is 1. The van der Waals surface area contributed by atoms with E-state index in [2.05, 4.69) is 33.4 Å². The van der Waals surface area contributed by atoms with Crippen molar-refractivity contribution in [2.45, 2.75) is 18.3 Å². The summed E-state index contributed by atoms with van der Waals surface area (Å²) in [5.41, 5.74) is 2.27. The smallest absolute Gasteiger partial charge is 0.293 e. The Balaban J connectivity index is 1.50. The van der Waals surface area contributed by atoms with Crippen molar-refractivity contribution in [2.75, 3.05) is 18.5 Å². The summed E-state index contributed by atoms with van der Waals surface area (Å²) in [6.45, 7) is 0.576. The van der Waals surface area contributed by atoms with Crippen LogP contribution < -0.4 is 10.2 Å². The zero-order chi connectivity index (χ0) is 20.4. The van der Waals surface area contributed by atoms with E-state index in [0.717, 1.165) is 12.8 Å². The van der Waals surface area contributed by atoms with Gasteiger partial charge in [-0.2, -0.15) is 0 Å². The second kappa shape index (κ2) is 7.87. The van der Waals surface area contributed by atoms with Crippen molar-refractivity contribution in [3.05, 3.63) is 88.3 Å². The lowest BCUT2D eigenvalue weighted by atomic mass is 9.96. The van der Waals surface area contributed by atoms with Crippen molar-refractivity contribution in [3.63, 3.8) is 0 Å². The lowest BCUT2D eigenvalue weighted by Crippen LogP contribution is -2.34. The van der Waals surface area contributed by atoms with Crippen LogP contribution in [0.25, 0.3) is 0 Å². The highest BCUT2D eigenvalue weighted by molar-refractivity contribution is 9.10. The lowest BCUT2D eigenvalue weighted by Gasteiger charge is -2.21. The molecular weight excluding hydrogens is 432 g/mol. The summed E-state index contributed by atoms with van der Waals surface area (Å²) >= 11 is 3.21. The van der Waals surface area contributed by atoms with Crippen molar-refractivity contribution in [2.24, 2.45) is 0 Å². The van der Waals surface area contributed by atoms with E-state index in [1.165, 1.54) is 10.5 Å². The average Bonchev–Trinajstić information content (AvgIpc) is 3.44. The van der Waals surface area contributed by atoms with Crippen LogP contribution in [0.5, 0.6) is 0 Å². The van der Waals surface area contributed by atoms with Crippen molar-refractivity contribution >= 4 is 33.4 Å². The zero-order valence-electron chi connectivity index (χ0n) is 16.0. The van der Waals surface area contributed by atoms with Crippen LogP contribution in [0.2, 0.25) is 0 Å². The van der Waals surface area contributed by atoms with Crippen LogP contribution in [-0.2, 0) is 5.41 Å². The Morgan fingerprint density at radius 3 is 2.38 bits per heavy atom. The predicted molar refractivity (Wildman–Crippen MR) is 115 cm³/mol. The Morgan fingerprint density at radius 2 is 1.72 bits per heavy atom. The third-order valence-corrected chi connectivity index (χ3v) is 5.85. The van der Waals surface area contributed by atoms with Gasteiger partial charge in [-0.25, -0.2) is 0 Å². The normalized spacial score (nSPS) is 14.3. The highest BCUT2D eigenvalue weighted by atomic mass is 79.9. The first kappa shape index (κ1) is 19.5. The highest BCUT2D eigenvalue weighted by Crippen LogP contribution is 2.47. The number of carbonyl (C=O) groups excluding carboxylic acids is 2. The molecule has 0 aliphatic heterocycles. The molecule has 2 aromatic carbocycles. The largest absolute Gasteiger partial charge is 0.444 e. The minimum atomic E-state index is -0.320. The Bertz CT molecular complexity index is 1040. The molecular formula is C23H21BrN2O3. The molecule has 1 fully saturated rings. The number of hydrogen-bond acceptors (Lipinski definition) is 3. The molecule has 5 nitrogen and oxygen atoms in total. The highest BCUT2D eigenvalue weighted by Gasteiger charge is 2.44. The maximum atomic E-state index is 13.0. The number of nitrogens with zero attached hydrogens (tertiary/aromatic N) is 1. The van der Waals surface area contributed by atoms with E-state index in [1.807, 2.05) is 18.2 Å². The van der Waals surface area contributed by atoms with E-state index in [-0.39, 0.29) is 23.0 Å². The number of carbonyl (C=O) groups is 2. The summed E-state index contributed by atoms with van der Waals surface area (Å²) < 4.78 is 5.84. The summed E-state index contributed by atoms with van der Waals surface area (Å²) in [6, 6.07) is 20.6. The first-order chi connectivity index (χ1) is 14.0. The van der Waals surface area contributed by atoms with E-state index in [0.29, 0.717) is 22.5 Å². The van der Waals surface area contributed by atoms with E-state index in [9.17, 15) is 9.59 Å². The molecule has 3 aromatic rings. The number of rotatable bonds is 6. The van der Waals surface area contributed by atoms with E-state index >= 15 is 0 Å². The second-order valence-corrected chi connectivity index (χ2v) is 8.10. The quantitative estimate of drug-likeness (QED) is 0.585. The molecule has 1 N–H and O–H groups in total. The number of hydrogen-bond donors (Lipinski definition) is 1. The molecule has 0 atom stereocenters. The van der Waals surface area contributed by atoms with Crippen LogP contribution in [0.1, 0.15) is 39.3 Å². The van der Waals surface area contributed by atoms with Gasteiger partial charge in [0.1, 0.15) is 0 Å². The maximum Gasteiger partial charge on any atom is 0.293 e. The summed E-state index contributed by atoms with van der Waals surface area (Å²) in [5.74, 6) is -0.308. The number of furan rings is 1. The second-order valence-electron chi connectivity index (χ2n) is 7.31. The first-order valence-electron chi connectivity index (χ1n) is 9.46. The third-order valence-electron chi connectivity index (χ3n) is 5.43. The predicted octanol–water partition coefficient (Wildman–Crippen LogP) is 4.78. The topological polar surface area (TPSA) is 62.6 Å². The number of anilines is 1. The monoisotopic (exact) mass is 452 g/mol. The van der Waals surface area contributed by atoms with Gasteiger partial charge in [0.25, 0.3) is 11.8 Å². The van der Waals surface area contributed by atoms with Gasteiger partial charge in [0.2, 0.25) is 0 Å². The SMILES string of the molecule is CN(C(=O)c1ccc(Br)o1)c1ccccc1C(=O)NCC1(c2ccccc2)CC1. The van der Waals surface area contributed by atoms with Gasteiger partial charge in [-0.05, 0) is 58.6 Å². The first-order valence-corrected chi connectivity index (χ1v) is 10.3. The molecule has 0 saturated heterocycles. The molecule has 0 spiro atoms. The Hall–Kier alpha value is -2.86. The summed E-state index contributed by atoms with van der Waals surface area (Å²) in [6.07, 6.45) is 2.12. The van der Waals surface area contributed by atoms with Crippen LogP contribution >= 0.6 is 15.9 Å². The third kappa shape index (κ3) is 3.98. The van der Waals surface area contributed by atoms with Crippen molar-refractivity contribution in [1.29, 1.82) is 0 Å². The van der Waals surface area contributed by atoms with Gasteiger partial charge in [-0.15, -0.1) is 0 Å². The lowest BCUT2D eigenvalue weighted by molar-refractivity contribution is 0.0949. The van der Waals surface area contributed by atoms with Gasteiger partial charge in [-0.3, -0.25) is 9.59 Å². The minimum Gasteiger partial charge on any atom is -0.444 e. The molecule has 29 heavy (non-hydrogen) atoms. The maximum absolute atomic E-state index is 13.0. The van der Waals surface area contributed by atoms with Gasteiger partial charge in [0.05, 0.1) is 11.3 Å². The fourth-order valence-corrected chi connectivity index (χ4v) is 3.82. The Morgan fingerprint density at radius 1 is 1.03 bits per heavy atom. The molecule has 1 saturated carbocycles. The van der Waals surface area contributed by atoms with Crippen molar-refractivity contribution in [1.82, 2.24) is 5.32 Å². The van der Waals surface area contributed by atoms with Crippen LogP contribution in [0.15, 0.2) is 75.8 Å². The fourth-order valence-electron chi connectivity index (χ4n) is 3.52. The number of benzene rings is 2. The molecule has 1 heterocycles. The molecule has 4 rings (SSSR count). The Kier molecular flexibility index (Phi) is 5.28. The van der Waals surface area contributed by atoms with Gasteiger partial charge in [0.15, 0.2) is 10.4 Å². The molecule has 1 aliphatic carbocycles. The molecule has 0 unspecified atom stereocenters. The Labute approximate surface area is 177 Å². The van der Waals surface area contributed by atoms with Gasteiger partial charge < -0.3 is 14.6 Å². The van der Waals surface area contributed by atoms with Gasteiger partial charge in [0, 0.05) is 19.0 Å². The van der Waals surface area contributed by atoms with E-state index < -0.39 is 0 Å². The molecule has 2 amide bonds. The number of amides is 2.